The molecule has 0 saturated heterocycles. The van der Waals surface area contributed by atoms with Gasteiger partial charge >= 0.3 is 5.97 Å². The SMILES string of the molecule is COc1cncc(Br)c1C(C)CC(=O)O. The molecule has 1 aromatic heterocycles. The Hall–Kier alpha value is -1.10. The molecule has 82 valence electrons. The van der Waals surface area contributed by atoms with Crippen LogP contribution in [0.3, 0.4) is 0 Å². The molecular weight excluding hydrogens is 262 g/mol. The van der Waals surface area contributed by atoms with Crippen molar-refractivity contribution in [3.05, 3.63) is 22.4 Å². The first kappa shape index (κ1) is 12.0. The van der Waals surface area contributed by atoms with Gasteiger partial charge in [0.2, 0.25) is 0 Å². The topological polar surface area (TPSA) is 59.4 Å². The second-order valence-corrected chi connectivity index (χ2v) is 4.09. The van der Waals surface area contributed by atoms with Crippen molar-refractivity contribution in [2.45, 2.75) is 19.3 Å². The van der Waals surface area contributed by atoms with Gasteiger partial charge < -0.3 is 9.84 Å². The van der Waals surface area contributed by atoms with Crippen LogP contribution in [0.5, 0.6) is 5.75 Å². The average Bonchev–Trinajstić information content (AvgIpc) is 2.15. The van der Waals surface area contributed by atoms with Crippen LogP contribution in [0.4, 0.5) is 0 Å². The van der Waals surface area contributed by atoms with E-state index in [1.54, 1.807) is 19.5 Å². The van der Waals surface area contributed by atoms with Crippen LogP contribution in [-0.4, -0.2) is 23.2 Å². The van der Waals surface area contributed by atoms with Crippen molar-refractivity contribution in [1.82, 2.24) is 4.98 Å². The highest BCUT2D eigenvalue weighted by molar-refractivity contribution is 9.10. The highest BCUT2D eigenvalue weighted by Crippen LogP contribution is 2.33. The molecule has 0 amide bonds. The summed E-state index contributed by atoms with van der Waals surface area (Å²) in [5, 5.41) is 8.73. The summed E-state index contributed by atoms with van der Waals surface area (Å²) in [6.45, 7) is 1.84. The fourth-order valence-corrected chi connectivity index (χ4v) is 2.14. The zero-order chi connectivity index (χ0) is 11.4. The number of rotatable bonds is 4. The minimum Gasteiger partial charge on any atom is -0.495 e. The molecule has 0 aromatic carbocycles. The van der Waals surface area contributed by atoms with Crippen molar-refractivity contribution in [3.8, 4) is 5.75 Å². The normalized spacial score (nSPS) is 12.2. The van der Waals surface area contributed by atoms with Crippen molar-refractivity contribution in [1.29, 1.82) is 0 Å². The molecule has 0 radical (unpaired) electrons. The number of methoxy groups -OCH3 is 1. The zero-order valence-electron chi connectivity index (χ0n) is 8.53. The third-order valence-electron chi connectivity index (χ3n) is 2.10. The molecule has 0 aliphatic heterocycles. The second-order valence-electron chi connectivity index (χ2n) is 3.24. The van der Waals surface area contributed by atoms with Gasteiger partial charge in [-0.15, -0.1) is 0 Å². The van der Waals surface area contributed by atoms with Gasteiger partial charge in [-0.2, -0.15) is 0 Å². The number of aliphatic carboxylic acids is 1. The lowest BCUT2D eigenvalue weighted by Crippen LogP contribution is -2.05. The summed E-state index contributed by atoms with van der Waals surface area (Å²) in [4.78, 5) is 14.6. The van der Waals surface area contributed by atoms with E-state index in [9.17, 15) is 4.79 Å². The van der Waals surface area contributed by atoms with Crippen molar-refractivity contribution < 1.29 is 14.6 Å². The maximum Gasteiger partial charge on any atom is 0.303 e. The number of carboxylic acid groups (broad SMARTS) is 1. The minimum atomic E-state index is -0.826. The van der Waals surface area contributed by atoms with E-state index < -0.39 is 5.97 Å². The molecule has 15 heavy (non-hydrogen) atoms. The standard InChI is InChI=1S/C10H12BrNO3/c1-6(3-9(13)14)10-7(11)4-12-5-8(10)15-2/h4-6H,3H2,1-2H3,(H,13,14). The molecule has 0 bridgehead atoms. The molecule has 0 fully saturated rings. The third-order valence-corrected chi connectivity index (χ3v) is 2.73. The van der Waals surface area contributed by atoms with Crippen LogP contribution in [0.15, 0.2) is 16.9 Å². The van der Waals surface area contributed by atoms with E-state index in [-0.39, 0.29) is 12.3 Å². The number of hydrogen-bond donors (Lipinski definition) is 1. The monoisotopic (exact) mass is 273 g/mol. The van der Waals surface area contributed by atoms with Gasteiger partial charge in [0.1, 0.15) is 5.75 Å². The first-order valence-electron chi connectivity index (χ1n) is 4.45. The predicted molar refractivity (Wildman–Crippen MR) is 59.2 cm³/mol. The Labute approximate surface area is 96.4 Å². The number of nitrogens with zero attached hydrogens (tertiary/aromatic N) is 1. The zero-order valence-corrected chi connectivity index (χ0v) is 10.1. The van der Waals surface area contributed by atoms with E-state index in [2.05, 4.69) is 20.9 Å². The summed E-state index contributed by atoms with van der Waals surface area (Å²) in [7, 11) is 1.54. The molecule has 5 heteroatoms. The molecule has 0 spiro atoms. The Morgan fingerprint density at radius 2 is 2.33 bits per heavy atom. The molecule has 0 saturated carbocycles. The highest BCUT2D eigenvalue weighted by atomic mass is 79.9. The van der Waals surface area contributed by atoms with Crippen molar-refractivity contribution in [2.24, 2.45) is 0 Å². The van der Waals surface area contributed by atoms with Gasteiger partial charge in [0.15, 0.2) is 0 Å². The van der Waals surface area contributed by atoms with Gasteiger partial charge in [-0.1, -0.05) is 6.92 Å². The average molecular weight is 274 g/mol. The van der Waals surface area contributed by atoms with E-state index in [0.717, 1.165) is 10.0 Å². The van der Waals surface area contributed by atoms with Crippen LogP contribution in [0.2, 0.25) is 0 Å². The van der Waals surface area contributed by atoms with Crippen LogP contribution >= 0.6 is 15.9 Å². The smallest absolute Gasteiger partial charge is 0.303 e. The van der Waals surface area contributed by atoms with Gasteiger partial charge in [0, 0.05) is 16.2 Å². The number of carbonyl (C=O) groups is 1. The van der Waals surface area contributed by atoms with Gasteiger partial charge in [-0.05, 0) is 21.8 Å². The second kappa shape index (κ2) is 5.11. The summed E-state index contributed by atoms with van der Waals surface area (Å²) >= 11 is 3.34. The summed E-state index contributed by atoms with van der Waals surface area (Å²) in [6, 6.07) is 0. The van der Waals surface area contributed by atoms with Gasteiger partial charge in [0.25, 0.3) is 0 Å². The van der Waals surface area contributed by atoms with Gasteiger partial charge in [-0.25, -0.2) is 0 Å². The third kappa shape index (κ3) is 2.92. The predicted octanol–water partition coefficient (Wildman–Crippen LogP) is 2.43. The van der Waals surface area contributed by atoms with Crippen molar-refractivity contribution >= 4 is 21.9 Å². The lowest BCUT2D eigenvalue weighted by Gasteiger charge is -2.14. The van der Waals surface area contributed by atoms with Gasteiger partial charge in [-0.3, -0.25) is 9.78 Å². The molecule has 4 nitrogen and oxygen atoms in total. The molecular formula is C10H12BrNO3. The Bertz CT molecular complexity index is 368. The molecule has 0 aliphatic rings. The molecule has 1 N–H and O–H groups in total. The quantitative estimate of drug-likeness (QED) is 0.916. The Morgan fingerprint density at radius 3 is 2.87 bits per heavy atom. The van der Waals surface area contributed by atoms with E-state index in [0.29, 0.717) is 5.75 Å². The van der Waals surface area contributed by atoms with E-state index >= 15 is 0 Å². The maximum atomic E-state index is 10.6. The van der Waals surface area contributed by atoms with Crippen LogP contribution in [0, 0.1) is 0 Å². The Balaban J connectivity index is 3.05. The summed E-state index contributed by atoms with van der Waals surface area (Å²) in [5.41, 5.74) is 0.843. The van der Waals surface area contributed by atoms with Crippen LogP contribution < -0.4 is 4.74 Å². The number of pyridine rings is 1. The summed E-state index contributed by atoms with van der Waals surface area (Å²) < 4.78 is 5.92. The molecule has 0 aliphatic carbocycles. The highest BCUT2D eigenvalue weighted by Gasteiger charge is 2.17. The van der Waals surface area contributed by atoms with Crippen molar-refractivity contribution in [2.75, 3.05) is 7.11 Å². The Morgan fingerprint density at radius 1 is 1.67 bits per heavy atom. The summed E-state index contributed by atoms with van der Waals surface area (Å²) in [5.74, 6) is -0.332. The molecule has 1 heterocycles. The van der Waals surface area contributed by atoms with Crippen LogP contribution in [-0.2, 0) is 4.79 Å². The Kier molecular flexibility index (Phi) is 4.08. The molecule has 1 rings (SSSR count). The number of halogens is 1. The van der Waals surface area contributed by atoms with E-state index in [4.69, 9.17) is 9.84 Å². The maximum absolute atomic E-state index is 10.6. The largest absolute Gasteiger partial charge is 0.495 e. The lowest BCUT2D eigenvalue weighted by molar-refractivity contribution is -0.137. The van der Waals surface area contributed by atoms with Gasteiger partial charge in [0.05, 0.1) is 19.7 Å². The number of ether oxygens (including phenoxy) is 1. The fraction of sp³-hybridized carbons (Fsp3) is 0.400. The lowest BCUT2D eigenvalue weighted by atomic mass is 9.98. The van der Waals surface area contributed by atoms with Crippen LogP contribution in [0.25, 0.3) is 0 Å². The molecule has 1 aromatic rings. The van der Waals surface area contributed by atoms with E-state index in [1.165, 1.54) is 0 Å². The first-order chi connectivity index (χ1) is 7.06. The minimum absolute atomic E-state index is 0.0684. The first-order valence-corrected chi connectivity index (χ1v) is 5.24. The summed E-state index contributed by atoms with van der Waals surface area (Å²) in [6.07, 6.45) is 3.29. The molecule has 1 atom stereocenters. The molecule has 1 unspecified atom stereocenters. The van der Waals surface area contributed by atoms with E-state index in [1.807, 2.05) is 6.92 Å². The number of aromatic nitrogens is 1. The fourth-order valence-electron chi connectivity index (χ4n) is 1.43. The van der Waals surface area contributed by atoms with Crippen LogP contribution in [0.1, 0.15) is 24.8 Å². The van der Waals surface area contributed by atoms with Crippen molar-refractivity contribution in [3.63, 3.8) is 0 Å². The number of carboxylic acids is 1. The number of hydrogen-bond acceptors (Lipinski definition) is 3.